The fourth-order valence-electron chi connectivity index (χ4n) is 3.42. The van der Waals surface area contributed by atoms with E-state index >= 15 is 0 Å². The summed E-state index contributed by atoms with van der Waals surface area (Å²) in [6, 6.07) is 3.65. The summed E-state index contributed by atoms with van der Waals surface area (Å²) in [5.74, 6) is 0.979. The minimum absolute atomic E-state index is 0.0183. The number of nitrogens with zero attached hydrogens (tertiary/aromatic N) is 4. The number of aryl methyl sites for hydroxylation is 1. The Bertz CT molecular complexity index is 828. The van der Waals surface area contributed by atoms with Crippen LogP contribution >= 0.6 is 0 Å². The highest BCUT2D eigenvalue weighted by molar-refractivity contribution is 5.95. The Morgan fingerprint density at radius 2 is 2.21 bits per heavy atom. The number of carbonyl (C=O) groups excluding carboxylic acids is 1. The van der Waals surface area contributed by atoms with Gasteiger partial charge in [0, 0.05) is 37.6 Å². The third-order valence-corrected chi connectivity index (χ3v) is 5.16. The molecule has 1 unspecified atom stereocenters. The Hall–Kier alpha value is -3.16. The van der Waals surface area contributed by atoms with Crippen molar-refractivity contribution in [3.63, 3.8) is 0 Å². The monoisotopic (exact) mass is 395 g/mol. The molecule has 3 rings (SSSR count). The van der Waals surface area contributed by atoms with E-state index in [0.29, 0.717) is 25.5 Å². The summed E-state index contributed by atoms with van der Waals surface area (Å²) < 4.78 is 0. The number of urea groups is 1. The quantitative estimate of drug-likeness (QED) is 0.487. The first-order chi connectivity index (χ1) is 13.9. The Morgan fingerprint density at radius 1 is 1.41 bits per heavy atom. The van der Waals surface area contributed by atoms with Gasteiger partial charge in [-0.15, -0.1) is 0 Å². The lowest BCUT2D eigenvalue weighted by Crippen LogP contribution is -2.50. The molecule has 3 N–H and O–H groups in total. The molecule has 3 heterocycles. The summed E-state index contributed by atoms with van der Waals surface area (Å²) in [7, 11) is 0. The fourth-order valence-corrected chi connectivity index (χ4v) is 3.42. The molecule has 1 atom stereocenters. The molecule has 2 aliphatic rings. The van der Waals surface area contributed by atoms with Gasteiger partial charge < -0.3 is 15.1 Å². The van der Waals surface area contributed by atoms with Gasteiger partial charge in [-0.3, -0.25) is 20.7 Å². The topological polar surface area (TPSA) is 99.4 Å². The third-order valence-electron chi connectivity index (χ3n) is 5.16. The summed E-state index contributed by atoms with van der Waals surface area (Å²) in [5.41, 5.74) is 2.11. The predicted octanol–water partition coefficient (Wildman–Crippen LogP) is 2.33. The molecule has 0 aliphatic carbocycles. The second-order valence-electron chi connectivity index (χ2n) is 7.55. The molecule has 2 aliphatic heterocycles. The van der Waals surface area contributed by atoms with Gasteiger partial charge >= 0.3 is 6.03 Å². The van der Waals surface area contributed by atoms with Crippen LogP contribution in [-0.2, 0) is 6.42 Å². The smallest absolute Gasteiger partial charge is 0.325 e. The van der Waals surface area contributed by atoms with E-state index in [1.165, 1.54) is 6.34 Å². The van der Waals surface area contributed by atoms with Gasteiger partial charge in [-0.05, 0) is 44.9 Å². The summed E-state index contributed by atoms with van der Waals surface area (Å²) >= 11 is 0. The Kier molecular flexibility index (Phi) is 6.31. The van der Waals surface area contributed by atoms with Crippen molar-refractivity contribution in [2.75, 3.05) is 19.6 Å². The van der Waals surface area contributed by atoms with Gasteiger partial charge in [0.25, 0.3) is 0 Å². The molecule has 0 saturated carbocycles. The lowest BCUT2D eigenvalue weighted by atomic mass is 10.1. The number of carbonyl (C=O) groups is 1. The zero-order valence-corrected chi connectivity index (χ0v) is 17.2. The number of hydrogen-bond acceptors (Lipinski definition) is 5. The number of aromatic nitrogens is 1. The number of amidine groups is 1. The predicted molar refractivity (Wildman–Crippen MR) is 114 cm³/mol. The second kappa shape index (κ2) is 8.89. The average molecular weight is 396 g/mol. The standard InChI is InChI=1S/C21H29N7O/c1-15(2)28(14-22)20(23)18-5-4-6-19(25-18)27-12-11-26(21(27)29)10-9-17-8-7-16(3)24-13-17/h4-8,13-15,18,22-23,25H,9-12H2,1-3H3. The van der Waals surface area contributed by atoms with Crippen molar-refractivity contribution >= 4 is 18.2 Å². The Balaban J connectivity index is 1.59. The first-order valence-electron chi connectivity index (χ1n) is 9.91. The molecule has 154 valence electrons. The van der Waals surface area contributed by atoms with Crippen molar-refractivity contribution < 1.29 is 4.79 Å². The molecule has 8 heteroatoms. The van der Waals surface area contributed by atoms with Crippen molar-refractivity contribution in [1.29, 1.82) is 10.8 Å². The molecule has 8 nitrogen and oxygen atoms in total. The van der Waals surface area contributed by atoms with Crippen LogP contribution in [0.5, 0.6) is 0 Å². The van der Waals surface area contributed by atoms with Gasteiger partial charge in [-0.25, -0.2) is 4.79 Å². The van der Waals surface area contributed by atoms with Gasteiger partial charge in [-0.2, -0.15) is 0 Å². The molecule has 0 spiro atoms. The van der Waals surface area contributed by atoms with E-state index in [2.05, 4.69) is 16.4 Å². The van der Waals surface area contributed by atoms with Crippen LogP contribution in [-0.4, -0.2) is 69.6 Å². The number of amides is 2. The summed E-state index contributed by atoms with van der Waals surface area (Å²) in [6.07, 6.45) is 9.40. The fraction of sp³-hybridized carbons (Fsp3) is 0.429. The van der Waals surface area contributed by atoms with Crippen molar-refractivity contribution in [2.24, 2.45) is 0 Å². The minimum Gasteiger partial charge on any atom is -0.358 e. The van der Waals surface area contributed by atoms with E-state index < -0.39 is 0 Å². The maximum Gasteiger partial charge on any atom is 0.325 e. The molecule has 0 bridgehead atoms. The van der Waals surface area contributed by atoms with Crippen LogP contribution in [0, 0.1) is 17.7 Å². The van der Waals surface area contributed by atoms with E-state index in [-0.39, 0.29) is 24.0 Å². The van der Waals surface area contributed by atoms with Crippen LogP contribution in [0.15, 0.2) is 42.4 Å². The third kappa shape index (κ3) is 4.64. The zero-order chi connectivity index (χ0) is 21.0. The molecular formula is C21H29N7O. The van der Waals surface area contributed by atoms with Crippen LogP contribution in [0.1, 0.15) is 25.1 Å². The largest absolute Gasteiger partial charge is 0.358 e. The van der Waals surface area contributed by atoms with Crippen LogP contribution in [0.2, 0.25) is 0 Å². The van der Waals surface area contributed by atoms with Gasteiger partial charge in [0.05, 0.1) is 6.34 Å². The van der Waals surface area contributed by atoms with Crippen molar-refractivity contribution in [3.05, 3.63) is 53.6 Å². The molecule has 29 heavy (non-hydrogen) atoms. The number of nitrogens with one attached hydrogen (secondary N) is 3. The molecule has 0 aromatic carbocycles. The highest BCUT2D eigenvalue weighted by Gasteiger charge is 2.32. The van der Waals surface area contributed by atoms with E-state index in [9.17, 15) is 4.79 Å². The maximum atomic E-state index is 12.9. The van der Waals surface area contributed by atoms with Gasteiger partial charge in [0.15, 0.2) is 0 Å². The van der Waals surface area contributed by atoms with E-state index in [0.717, 1.165) is 17.7 Å². The molecule has 1 fully saturated rings. The number of rotatable bonds is 7. The van der Waals surface area contributed by atoms with Crippen molar-refractivity contribution in [2.45, 2.75) is 39.3 Å². The molecule has 2 amide bonds. The Morgan fingerprint density at radius 3 is 2.86 bits per heavy atom. The van der Waals surface area contributed by atoms with Gasteiger partial charge in [-0.1, -0.05) is 18.2 Å². The summed E-state index contributed by atoms with van der Waals surface area (Å²) in [5, 5.41) is 19.2. The first-order valence-corrected chi connectivity index (χ1v) is 9.91. The molecule has 1 saturated heterocycles. The molecule has 1 aromatic rings. The number of hydrogen-bond donors (Lipinski definition) is 3. The van der Waals surface area contributed by atoms with E-state index in [1.807, 2.05) is 56.2 Å². The number of allylic oxidation sites excluding steroid dienone is 2. The van der Waals surface area contributed by atoms with Crippen LogP contribution in [0.3, 0.4) is 0 Å². The SMILES string of the molecule is Cc1ccc(CCN2CCN(C3=CC=CC(C(=N)N(C=N)C(C)C)N3)C2=O)cn1. The zero-order valence-electron chi connectivity index (χ0n) is 17.2. The summed E-state index contributed by atoms with van der Waals surface area (Å²) in [6.45, 7) is 7.76. The summed E-state index contributed by atoms with van der Waals surface area (Å²) in [4.78, 5) is 22.4. The van der Waals surface area contributed by atoms with E-state index in [1.54, 1.807) is 9.80 Å². The van der Waals surface area contributed by atoms with Crippen molar-refractivity contribution in [3.8, 4) is 0 Å². The highest BCUT2D eigenvalue weighted by atomic mass is 16.2. The second-order valence-corrected chi connectivity index (χ2v) is 7.55. The van der Waals surface area contributed by atoms with Gasteiger partial charge in [0.2, 0.25) is 0 Å². The number of pyridine rings is 1. The van der Waals surface area contributed by atoms with E-state index in [4.69, 9.17) is 10.8 Å². The molecular weight excluding hydrogens is 366 g/mol. The van der Waals surface area contributed by atoms with Crippen LogP contribution in [0.4, 0.5) is 4.79 Å². The molecule has 0 radical (unpaired) electrons. The lowest BCUT2D eigenvalue weighted by molar-refractivity contribution is 0.198. The average Bonchev–Trinajstić information content (AvgIpc) is 3.08. The highest BCUT2D eigenvalue weighted by Crippen LogP contribution is 2.18. The lowest BCUT2D eigenvalue weighted by Gasteiger charge is -2.32. The van der Waals surface area contributed by atoms with Crippen LogP contribution in [0.25, 0.3) is 0 Å². The number of dihydropyridines is 1. The minimum atomic E-state index is -0.375. The maximum absolute atomic E-state index is 12.9. The molecule has 1 aromatic heterocycles. The first kappa shape index (κ1) is 20.6. The van der Waals surface area contributed by atoms with Crippen molar-refractivity contribution in [1.82, 2.24) is 25.0 Å². The normalized spacial score (nSPS) is 18.7. The van der Waals surface area contributed by atoms with Crippen LogP contribution < -0.4 is 5.32 Å². The Labute approximate surface area is 171 Å². The van der Waals surface area contributed by atoms with Gasteiger partial charge in [0.1, 0.15) is 17.7 Å².